The van der Waals surface area contributed by atoms with Crippen LogP contribution >= 0.6 is 11.8 Å². The standard InChI is InChI=1S/C19H14N2O4S/c22-17-9-13(14-7-11-3-1-4-12(11)8-16(14)24-17)10-26-19-21-20-18(25-19)15-5-2-6-23-15/h2,5-9H,1,3-4,10H2. The van der Waals surface area contributed by atoms with Crippen LogP contribution in [0.1, 0.15) is 23.1 Å². The molecular weight excluding hydrogens is 352 g/mol. The van der Waals surface area contributed by atoms with Crippen molar-refractivity contribution in [2.24, 2.45) is 0 Å². The van der Waals surface area contributed by atoms with E-state index in [0.717, 1.165) is 30.2 Å². The van der Waals surface area contributed by atoms with Gasteiger partial charge in [-0.15, -0.1) is 10.2 Å². The number of thioether (sulfide) groups is 1. The largest absolute Gasteiger partial charge is 0.459 e. The van der Waals surface area contributed by atoms with E-state index < -0.39 is 0 Å². The van der Waals surface area contributed by atoms with Crippen molar-refractivity contribution in [2.75, 3.05) is 0 Å². The summed E-state index contributed by atoms with van der Waals surface area (Å²) in [5, 5.41) is 9.42. The molecule has 1 aliphatic rings. The van der Waals surface area contributed by atoms with Crippen LogP contribution in [-0.4, -0.2) is 10.2 Å². The molecule has 0 unspecified atom stereocenters. The molecule has 3 aromatic heterocycles. The lowest BCUT2D eigenvalue weighted by Gasteiger charge is -2.07. The van der Waals surface area contributed by atoms with Crippen LogP contribution < -0.4 is 5.63 Å². The Labute approximate surface area is 152 Å². The van der Waals surface area contributed by atoms with Gasteiger partial charge in [-0.2, -0.15) is 0 Å². The van der Waals surface area contributed by atoms with E-state index in [2.05, 4.69) is 16.3 Å². The maximum atomic E-state index is 11.9. The third-order valence-corrected chi connectivity index (χ3v) is 5.40. The van der Waals surface area contributed by atoms with E-state index in [9.17, 15) is 4.79 Å². The van der Waals surface area contributed by atoms with Crippen LogP contribution in [0.3, 0.4) is 0 Å². The summed E-state index contributed by atoms with van der Waals surface area (Å²) in [6.45, 7) is 0. The highest BCUT2D eigenvalue weighted by molar-refractivity contribution is 7.98. The highest BCUT2D eigenvalue weighted by atomic mass is 32.2. The Bertz CT molecular complexity index is 1140. The zero-order valence-corrected chi connectivity index (χ0v) is 14.5. The molecule has 0 atom stereocenters. The van der Waals surface area contributed by atoms with Gasteiger partial charge in [0.1, 0.15) is 5.58 Å². The average Bonchev–Trinajstić information content (AvgIpc) is 3.37. The molecule has 0 bridgehead atoms. The van der Waals surface area contributed by atoms with Crippen molar-refractivity contribution >= 4 is 22.7 Å². The van der Waals surface area contributed by atoms with Crippen LogP contribution in [0.2, 0.25) is 0 Å². The second-order valence-corrected chi connectivity index (χ2v) is 7.13. The van der Waals surface area contributed by atoms with E-state index in [-0.39, 0.29) is 5.63 Å². The first-order chi connectivity index (χ1) is 12.8. The molecule has 3 heterocycles. The average molecular weight is 366 g/mol. The fourth-order valence-corrected chi connectivity index (χ4v) is 4.08. The third kappa shape index (κ3) is 2.74. The molecule has 0 saturated heterocycles. The molecule has 5 rings (SSSR count). The number of nitrogens with zero attached hydrogens (tertiary/aromatic N) is 2. The molecule has 1 aliphatic carbocycles. The molecule has 0 saturated carbocycles. The van der Waals surface area contributed by atoms with E-state index in [1.54, 1.807) is 24.5 Å². The predicted octanol–water partition coefficient (Wildman–Crippen LogP) is 4.22. The van der Waals surface area contributed by atoms with Gasteiger partial charge in [0, 0.05) is 17.2 Å². The summed E-state index contributed by atoms with van der Waals surface area (Å²) in [5.74, 6) is 1.42. The lowest BCUT2D eigenvalue weighted by Crippen LogP contribution is -2.01. The predicted molar refractivity (Wildman–Crippen MR) is 96.1 cm³/mol. The van der Waals surface area contributed by atoms with Crippen molar-refractivity contribution in [2.45, 2.75) is 30.2 Å². The number of furan rings is 1. The molecule has 0 radical (unpaired) electrons. The van der Waals surface area contributed by atoms with Gasteiger partial charge in [0.05, 0.1) is 6.26 Å². The fraction of sp³-hybridized carbons (Fsp3) is 0.211. The monoisotopic (exact) mass is 366 g/mol. The smallest absolute Gasteiger partial charge is 0.336 e. The first-order valence-corrected chi connectivity index (χ1v) is 9.33. The Morgan fingerprint density at radius 1 is 1.08 bits per heavy atom. The molecule has 4 aromatic rings. The lowest BCUT2D eigenvalue weighted by atomic mass is 10.0. The maximum absolute atomic E-state index is 11.9. The minimum atomic E-state index is -0.340. The van der Waals surface area contributed by atoms with Gasteiger partial charge in [-0.3, -0.25) is 0 Å². The number of aromatic nitrogens is 2. The van der Waals surface area contributed by atoms with Crippen molar-refractivity contribution in [3.63, 3.8) is 0 Å². The van der Waals surface area contributed by atoms with Crippen molar-refractivity contribution < 1.29 is 13.3 Å². The van der Waals surface area contributed by atoms with Crippen molar-refractivity contribution in [1.82, 2.24) is 10.2 Å². The SMILES string of the molecule is O=c1cc(CSc2nnc(-c3ccco3)o2)c2cc3c(cc2o1)CCC3. The molecule has 0 aliphatic heterocycles. The molecule has 1 aromatic carbocycles. The molecule has 0 amide bonds. The van der Waals surface area contributed by atoms with Gasteiger partial charge in [0.2, 0.25) is 0 Å². The molecule has 0 N–H and O–H groups in total. The van der Waals surface area contributed by atoms with E-state index in [1.165, 1.54) is 22.9 Å². The summed E-state index contributed by atoms with van der Waals surface area (Å²) in [7, 11) is 0. The van der Waals surface area contributed by atoms with Crippen LogP contribution in [0.4, 0.5) is 0 Å². The second-order valence-electron chi connectivity index (χ2n) is 6.20. The summed E-state index contributed by atoms with van der Waals surface area (Å²) < 4.78 is 16.3. The number of rotatable bonds is 4. The summed E-state index contributed by atoms with van der Waals surface area (Å²) in [4.78, 5) is 11.9. The molecule has 0 spiro atoms. The van der Waals surface area contributed by atoms with Crippen LogP contribution in [0.5, 0.6) is 0 Å². The van der Waals surface area contributed by atoms with Gasteiger partial charge in [-0.1, -0.05) is 11.8 Å². The summed E-state index contributed by atoms with van der Waals surface area (Å²) in [6.07, 6.45) is 4.83. The minimum absolute atomic E-state index is 0.340. The Hall–Kier alpha value is -2.80. The van der Waals surface area contributed by atoms with Gasteiger partial charge in [0.15, 0.2) is 5.76 Å². The van der Waals surface area contributed by atoms with Gasteiger partial charge in [-0.05, 0) is 60.2 Å². The first-order valence-electron chi connectivity index (χ1n) is 8.35. The Morgan fingerprint density at radius 2 is 1.96 bits per heavy atom. The molecule has 6 nitrogen and oxygen atoms in total. The quantitative estimate of drug-likeness (QED) is 0.395. The number of benzene rings is 1. The van der Waals surface area contributed by atoms with E-state index >= 15 is 0 Å². The molecule has 26 heavy (non-hydrogen) atoms. The van der Waals surface area contributed by atoms with Gasteiger partial charge >= 0.3 is 5.63 Å². The zero-order chi connectivity index (χ0) is 17.5. The number of fused-ring (bicyclic) bond motifs is 2. The second kappa shape index (κ2) is 6.17. The van der Waals surface area contributed by atoms with Gasteiger partial charge in [-0.25, -0.2) is 4.79 Å². The summed E-state index contributed by atoms with van der Waals surface area (Å²) >= 11 is 1.39. The van der Waals surface area contributed by atoms with E-state index in [0.29, 0.717) is 28.2 Å². The zero-order valence-electron chi connectivity index (χ0n) is 13.7. The van der Waals surface area contributed by atoms with Crippen molar-refractivity contribution in [3.05, 3.63) is 63.7 Å². The first kappa shape index (κ1) is 15.5. The number of aryl methyl sites for hydroxylation is 2. The van der Waals surface area contributed by atoms with Crippen LogP contribution in [-0.2, 0) is 18.6 Å². The third-order valence-electron chi connectivity index (χ3n) is 4.53. The van der Waals surface area contributed by atoms with E-state index in [4.69, 9.17) is 13.3 Å². The molecule has 0 fully saturated rings. The van der Waals surface area contributed by atoms with Crippen molar-refractivity contribution in [3.8, 4) is 11.7 Å². The Balaban J connectivity index is 1.45. The molecule has 130 valence electrons. The maximum Gasteiger partial charge on any atom is 0.336 e. The highest BCUT2D eigenvalue weighted by Gasteiger charge is 2.16. The van der Waals surface area contributed by atoms with Gasteiger partial charge in [0.25, 0.3) is 11.1 Å². The lowest BCUT2D eigenvalue weighted by molar-refractivity contribution is 0.447. The molecule has 7 heteroatoms. The molecular formula is C19H14N2O4S. The number of hydrogen-bond donors (Lipinski definition) is 0. The fourth-order valence-electron chi connectivity index (χ4n) is 3.32. The Kier molecular flexibility index (Phi) is 3.67. The topological polar surface area (TPSA) is 82.3 Å². The van der Waals surface area contributed by atoms with Crippen LogP contribution in [0.15, 0.2) is 59.9 Å². The summed E-state index contributed by atoms with van der Waals surface area (Å²) in [6, 6.07) is 9.23. The van der Waals surface area contributed by atoms with Crippen LogP contribution in [0, 0.1) is 0 Å². The highest BCUT2D eigenvalue weighted by Crippen LogP contribution is 2.31. The minimum Gasteiger partial charge on any atom is -0.459 e. The summed E-state index contributed by atoms with van der Waals surface area (Å²) in [5.41, 5.74) is 3.85. The number of hydrogen-bond acceptors (Lipinski definition) is 7. The Morgan fingerprint density at radius 3 is 2.81 bits per heavy atom. The van der Waals surface area contributed by atoms with Crippen molar-refractivity contribution in [1.29, 1.82) is 0 Å². The van der Waals surface area contributed by atoms with Crippen LogP contribution in [0.25, 0.3) is 22.6 Å². The normalized spacial score (nSPS) is 13.4. The van der Waals surface area contributed by atoms with Gasteiger partial charge < -0.3 is 13.3 Å². The van der Waals surface area contributed by atoms with E-state index in [1.807, 2.05) is 6.07 Å².